The first-order chi connectivity index (χ1) is 5.81. The Labute approximate surface area is 71.1 Å². The number of nitrogens with zero attached hydrogens (tertiary/aromatic N) is 1. The molecule has 0 aliphatic rings. The van der Waals surface area contributed by atoms with Crippen LogP contribution in [-0.2, 0) is 0 Å². The largest absolute Gasteiger partial charge is 0.497 e. The quantitative estimate of drug-likeness (QED) is 0.608. The van der Waals surface area contributed by atoms with Gasteiger partial charge in [0.1, 0.15) is 13.6 Å². The van der Waals surface area contributed by atoms with E-state index in [1.54, 1.807) is 13.3 Å². The third kappa shape index (κ3) is 0.960. The number of hydrogen-bond acceptors (Lipinski definition) is 2. The van der Waals surface area contributed by atoms with Crippen molar-refractivity contribution >= 4 is 24.2 Å². The predicted octanol–water partition coefficient (Wildman–Crippen LogP) is 0.365. The highest BCUT2D eigenvalue weighted by Crippen LogP contribution is 2.14. The average Bonchev–Trinajstić information content (AvgIpc) is 2.49. The molecule has 0 unspecified atom stereocenters. The zero-order chi connectivity index (χ0) is 8.55. The predicted molar refractivity (Wildman–Crippen MR) is 48.0 cm³/mol. The third-order valence-corrected chi connectivity index (χ3v) is 1.79. The number of benzene rings is 1. The molecule has 12 heavy (non-hydrogen) atoms. The molecule has 1 heterocycles. The highest BCUT2D eigenvalue weighted by Gasteiger charge is 2.01. The summed E-state index contributed by atoms with van der Waals surface area (Å²) in [5.74, 6) is 0.673. The summed E-state index contributed by atoms with van der Waals surface area (Å²) in [6, 6.07) is 3.66. The molecule has 4 heteroatoms. The lowest BCUT2D eigenvalue weighted by molar-refractivity contribution is 0.418. The first kappa shape index (κ1) is 7.22. The fourth-order valence-electron chi connectivity index (χ4n) is 1.17. The Bertz CT molecular complexity index is 410. The van der Waals surface area contributed by atoms with E-state index in [1.165, 1.54) is 0 Å². The van der Waals surface area contributed by atoms with E-state index >= 15 is 0 Å². The summed E-state index contributed by atoms with van der Waals surface area (Å²) in [6.07, 6.45) is 1.73. The van der Waals surface area contributed by atoms with Crippen molar-refractivity contribution in [3.8, 4) is 5.75 Å². The van der Waals surface area contributed by atoms with E-state index in [-0.39, 0.29) is 0 Å². The second kappa shape index (κ2) is 2.55. The summed E-state index contributed by atoms with van der Waals surface area (Å²) < 4.78 is 5.05. The van der Waals surface area contributed by atoms with Crippen molar-refractivity contribution in [1.82, 2.24) is 10.2 Å². The van der Waals surface area contributed by atoms with Crippen molar-refractivity contribution in [3.63, 3.8) is 0 Å². The van der Waals surface area contributed by atoms with Gasteiger partial charge in [-0.05, 0) is 0 Å². The maximum absolute atomic E-state index is 5.69. The van der Waals surface area contributed by atoms with E-state index < -0.39 is 0 Å². The minimum Gasteiger partial charge on any atom is -0.497 e. The van der Waals surface area contributed by atoms with Gasteiger partial charge in [-0.25, -0.2) is 0 Å². The molecule has 0 saturated carbocycles. The molecule has 2 aromatic rings. The van der Waals surface area contributed by atoms with Gasteiger partial charge in [-0.3, -0.25) is 5.10 Å². The average molecular weight is 158 g/mol. The summed E-state index contributed by atoms with van der Waals surface area (Å²) in [6.45, 7) is 0. The molecule has 58 valence electrons. The Kier molecular flexibility index (Phi) is 1.53. The smallest absolute Gasteiger partial charge is 0.119 e. The lowest BCUT2D eigenvalue weighted by Gasteiger charge is -2.03. The molecule has 3 nitrogen and oxygen atoms in total. The van der Waals surface area contributed by atoms with Crippen LogP contribution in [0, 0.1) is 0 Å². The van der Waals surface area contributed by atoms with E-state index in [9.17, 15) is 0 Å². The van der Waals surface area contributed by atoms with Gasteiger partial charge in [-0.1, -0.05) is 11.5 Å². The summed E-state index contributed by atoms with van der Waals surface area (Å²) in [5, 5.41) is 7.71. The number of nitrogens with one attached hydrogen (secondary N) is 1. The van der Waals surface area contributed by atoms with Crippen LogP contribution in [0.25, 0.3) is 10.9 Å². The van der Waals surface area contributed by atoms with E-state index in [2.05, 4.69) is 10.2 Å². The maximum Gasteiger partial charge on any atom is 0.119 e. The molecule has 0 atom stereocenters. The fourth-order valence-corrected chi connectivity index (χ4v) is 1.17. The van der Waals surface area contributed by atoms with Crippen molar-refractivity contribution in [2.75, 3.05) is 7.11 Å². The van der Waals surface area contributed by atoms with Gasteiger partial charge in [0.25, 0.3) is 0 Å². The fraction of sp³-hybridized carbons (Fsp3) is 0.125. The van der Waals surface area contributed by atoms with Gasteiger partial charge in [0.15, 0.2) is 0 Å². The van der Waals surface area contributed by atoms with Gasteiger partial charge >= 0.3 is 0 Å². The molecule has 1 aromatic heterocycles. The summed E-state index contributed by atoms with van der Waals surface area (Å²) in [4.78, 5) is 0. The molecule has 0 aliphatic heterocycles. The number of rotatable bonds is 1. The molecule has 1 N–H and O–H groups in total. The van der Waals surface area contributed by atoms with E-state index in [0.717, 1.165) is 10.9 Å². The molecular formula is C8H7BN2O. The number of H-pyrrole nitrogens is 1. The number of fused-ring (bicyclic) bond motifs is 1. The number of aromatic nitrogens is 2. The topological polar surface area (TPSA) is 37.9 Å². The van der Waals surface area contributed by atoms with Crippen LogP contribution in [0.5, 0.6) is 5.75 Å². The summed E-state index contributed by atoms with van der Waals surface area (Å²) >= 11 is 0. The highest BCUT2D eigenvalue weighted by molar-refractivity contribution is 6.35. The molecule has 0 bridgehead atoms. The Hall–Kier alpha value is -1.45. The molecule has 1 aromatic carbocycles. The molecule has 2 radical (unpaired) electrons. The van der Waals surface area contributed by atoms with Crippen LogP contribution in [0.3, 0.4) is 0 Å². The van der Waals surface area contributed by atoms with Crippen LogP contribution in [0.1, 0.15) is 0 Å². The van der Waals surface area contributed by atoms with Crippen molar-refractivity contribution < 1.29 is 4.74 Å². The van der Waals surface area contributed by atoms with Crippen LogP contribution < -0.4 is 10.2 Å². The van der Waals surface area contributed by atoms with E-state index in [0.29, 0.717) is 11.2 Å². The Balaban J connectivity index is 2.73. The molecule has 0 saturated heterocycles. The highest BCUT2D eigenvalue weighted by atomic mass is 16.5. The van der Waals surface area contributed by atoms with Crippen LogP contribution in [0.2, 0.25) is 0 Å². The summed E-state index contributed by atoms with van der Waals surface area (Å²) in [7, 11) is 7.28. The molecule has 2 rings (SSSR count). The number of hydrogen-bond donors (Lipinski definition) is 1. The minimum absolute atomic E-state index is 0.631. The molecular weight excluding hydrogens is 151 g/mol. The zero-order valence-corrected chi connectivity index (χ0v) is 6.66. The monoisotopic (exact) mass is 158 g/mol. The van der Waals surface area contributed by atoms with E-state index in [1.807, 2.05) is 12.1 Å². The van der Waals surface area contributed by atoms with Crippen LogP contribution in [0.4, 0.5) is 0 Å². The SMILES string of the molecule is [B]c1cc2cn[nH]c2cc1OC. The number of ether oxygens (including phenoxy) is 1. The lowest BCUT2D eigenvalue weighted by Crippen LogP contribution is -2.06. The number of methoxy groups -OCH3 is 1. The van der Waals surface area contributed by atoms with Crippen molar-refractivity contribution in [2.45, 2.75) is 0 Å². The van der Waals surface area contributed by atoms with E-state index in [4.69, 9.17) is 12.6 Å². The standard InChI is InChI=1S/C8H7BN2O/c1-12-8-3-7-5(2-6(8)9)4-10-11-7/h2-4H,1H3,(H,10,11). The van der Waals surface area contributed by atoms with Crippen LogP contribution >= 0.6 is 0 Å². The maximum atomic E-state index is 5.69. The second-order valence-electron chi connectivity index (χ2n) is 2.55. The van der Waals surface area contributed by atoms with Gasteiger partial charge in [-0.2, -0.15) is 5.10 Å². The lowest BCUT2D eigenvalue weighted by atomic mass is 9.94. The van der Waals surface area contributed by atoms with Crippen LogP contribution in [0.15, 0.2) is 18.3 Å². The molecule has 0 aliphatic carbocycles. The Morgan fingerprint density at radius 2 is 2.33 bits per heavy atom. The molecule has 0 fully saturated rings. The minimum atomic E-state index is 0.631. The molecule has 0 amide bonds. The van der Waals surface area contributed by atoms with Gasteiger partial charge in [-0.15, -0.1) is 0 Å². The second-order valence-corrected chi connectivity index (χ2v) is 2.55. The Morgan fingerprint density at radius 1 is 1.50 bits per heavy atom. The van der Waals surface area contributed by atoms with Gasteiger partial charge in [0.05, 0.1) is 18.8 Å². The van der Waals surface area contributed by atoms with Gasteiger partial charge in [0.2, 0.25) is 0 Å². The normalized spacial score (nSPS) is 10.4. The van der Waals surface area contributed by atoms with Crippen molar-refractivity contribution in [2.24, 2.45) is 0 Å². The van der Waals surface area contributed by atoms with Crippen molar-refractivity contribution in [3.05, 3.63) is 18.3 Å². The van der Waals surface area contributed by atoms with Crippen LogP contribution in [-0.4, -0.2) is 25.2 Å². The first-order valence-corrected chi connectivity index (χ1v) is 3.58. The van der Waals surface area contributed by atoms with Gasteiger partial charge in [0, 0.05) is 11.5 Å². The van der Waals surface area contributed by atoms with Gasteiger partial charge < -0.3 is 4.74 Å². The Morgan fingerprint density at radius 3 is 3.08 bits per heavy atom. The third-order valence-electron chi connectivity index (χ3n) is 1.79. The first-order valence-electron chi connectivity index (χ1n) is 3.58. The number of aromatic amines is 1. The zero-order valence-electron chi connectivity index (χ0n) is 6.66. The summed E-state index contributed by atoms with van der Waals surface area (Å²) in [5.41, 5.74) is 1.56. The van der Waals surface area contributed by atoms with Crippen molar-refractivity contribution in [1.29, 1.82) is 0 Å². The molecule has 0 spiro atoms.